The second-order valence-electron chi connectivity index (χ2n) is 4.39. The predicted molar refractivity (Wildman–Crippen MR) is 94.0 cm³/mol. The van der Waals surface area contributed by atoms with Crippen molar-refractivity contribution in [3.05, 3.63) is 0 Å². The van der Waals surface area contributed by atoms with Gasteiger partial charge in [0.05, 0.1) is 10.3 Å². The Labute approximate surface area is 132 Å². The van der Waals surface area contributed by atoms with Gasteiger partial charge < -0.3 is 0 Å². The standard InChI is InChI=1S/C14H24N2S3/c17-13-15-9-5-1-3-7-11-19-12-8-4-2-6-10-16-14-18/h1-12H2. The van der Waals surface area contributed by atoms with Crippen molar-refractivity contribution in [1.29, 1.82) is 0 Å². The summed E-state index contributed by atoms with van der Waals surface area (Å²) < 4.78 is 0. The molecule has 0 saturated heterocycles. The first-order chi connectivity index (χ1) is 9.41. The number of nitrogens with zero attached hydrogens (tertiary/aromatic N) is 2. The highest BCUT2D eigenvalue weighted by Gasteiger charge is 1.93. The number of thiocarbonyl (C=S) groups is 2. The fourth-order valence-electron chi connectivity index (χ4n) is 1.69. The largest absolute Gasteiger partial charge is 0.233 e. The van der Waals surface area contributed by atoms with E-state index in [-0.39, 0.29) is 0 Å². The molecule has 0 aliphatic carbocycles. The minimum Gasteiger partial charge on any atom is -0.233 e. The van der Waals surface area contributed by atoms with Gasteiger partial charge in [0.2, 0.25) is 0 Å². The summed E-state index contributed by atoms with van der Waals surface area (Å²) in [6.07, 6.45) is 10.1. The monoisotopic (exact) mass is 316 g/mol. The van der Waals surface area contributed by atoms with Crippen LogP contribution in [-0.4, -0.2) is 34.9 Å². The van der Waals surface area contributed by atoms with Gasteiger partial charge in [-0.05, 0) is 61.6 Å². The van der Waals surface area contributed by atoms with E-state index in [4.69, 9.17) is 0 Å². The van der Waals surface area contributed by atoms with E-state index in [1.54, 1.807) is 0 Å². The third-order valence-electron chi connectivity index (χ3n) is 2.75. The van der Waals surface area contributed by atoms with Gasteiger partial charge in [-0.15, -0.1) is 0 Å². The minimum atomic E-state index is 0.851. The maximum Gasteiger partial charge on any atom is 0.0584 e. The Balaban J connectivity index is 2.98. The average Bonchev–Trinajstić information content (AvgIpc) is 2.43. The SMILES string of the molecule is S=C=NCCCCCCSCCCCCCN=C=S. The molecule has 2 nitrogen and oxygen atoms in total. The van der Waals surface area contributed by atoms with E-state index < -0.39 is 0 Å². The summed E-state index contributed by atoms with van der Waals surface area (Å²) in [4.78, 5) is 7.82. The number of aliphatic imine (C=N–C) groups is 2. The molecule has 0 radical (unpaired) electrons. The molecule has 19 heavy (non-hydrogen) atoms. The highest BCUT2D eigenvalue weighted by atomic mass is 32.2. The third kappa shape index (κ3) is 17.9. The first-order valence-corrected chi connectivity index (χ1v) is 9.04. The van der Waals surface area contributed by atoms with Crippen LogP contribution in [-0.2, 0) is 0 Å². The molecule has 0 heterocycles. The second kappa shape index (κ2) is 17.9. The number of rotatable bonds is 14. The Morgan fingerprint density at radius 3 is 1.47 bits per heavy atom. The smallest absolute Gasteiger partial charge is 0.0584 e. The summed E-state index contributed by atoms with van der Waals surface area (Å²) >= 11 is 11.1. The zero-order valence-electron chi connectivity index (χ0n) is 11.6. The molecule has 0 aliphatic rings. The van der Waals surface area contributed by atoms with Crippen LogP contribution < -0.4 is 0 Å². The van der Waals surface area contributed by atoms with E-state index >= 15 is 0 Å². The molecule has 0 aromatic heterocycles. The fraction of sp³-hybridized carbons (Fsp3) is 0.857. The quantitative estimate of drug-likeness (QED) is 0.255. The normalized spacial score (nSPS) is 9.68. The van der Waals surface area contributed by atoms with Crippen LogP contribution in [0.25, 0.3) is 0 Å². The minimum absolute atomic E-state index is 0.851. The van der Waals surface area contributed by atoms with Crippen molar-refractivity contribution >= 4 is 46.5 Å². The van der Waals surface area contributed by atoms with Crippen molar-refractivity contribution in [3.8, 4) is 0 Å². The molecule has 0 bridgehead atoms. The van der Waals surface area contributed by atoms with Crippen molar-refractivity contribution in [2.75, 3.05) is 24.6 Å². The number of thioether (sulfide) groups is 1. The topological polar surface area (TPSA) is 24.7 Å². The van der Waals surface area contributed by atoms with Gasteiger partial charge in [0.15, 0.2) is 0 Å². The molecule has 0 rings (SSSR count). The van der Waals surface area contributed by atoms with Crippen molar-refractivity contribution in [2.45, 2.75) is 51.4 Å². The van der Waals surface area contributed by atoms with Gasteiger partial charge in [0.1, 0.15) is 0 Å². The lowest BCUT2D eigenvalue weighted by Crippen LogP contribution is -1.88. The zero-order chi connectivity index (χ0) is 14.0. The molecule has 0 aromatic rings. The molecule has 0 atom stereocenters. The van der Waals surface area contributed by atoms with E-state index in [1.807, 2.05) is 0 Å². The molecular weight excluding hydrogens is 292 g/mol. The summed E-state index contributed by atoms with van der Waals surface area (Å²) in [7, 11) is 0. The second-order valence-corrected chi connectivity index (χ2v) is 5.98. The molecular formula is C14H24N2S3. The van der Waals surface area contributed by atoms with Crippen LogP contribution in [0.2, 0.25) is 0 Å². The number of hydrogen-bond donors (Lipinski definition) is 0. The molecule has 0 unspecified atom stereocenters. The lowest BCUT2D eigenvalue weighted by molar-refractivity contribution is 0.674. The summed E-state index contributed by atoms with van der Waals surface area (Å²) in [6, 6.07) is 0. The van der Waals surface area contributed by atoms with Crippen LogP contribution in [0.1, 0.15) is 51.4 Å². The van der Waals surface area contributed by atoms with Gasteiger partial charge >= 0.3 is 0 Å². The van der Waals surface area contributed by atoms with Crippen molar-refractivity contribution in [3.63, 3.8) is 0 Å². The third-order valence-corrected chi connectivity index (χ3v) is 4.16. The average molecular weight is 317 g/mol. The van der Waals surface area contributed by atoms with Gasteiger partial charge in [-0.25, -0.2) is 9.98 Å². The van der Waals surface area contributed by atoms with Crippen LogP contribution >= 0.6 is 36.2 Å². The molecule has 0 saturated carbocycles. The molecule has 0 aromatic carbocycles. The Morgan fingerprint density at radius 2 is 1.05 bits per heavy atom. The maximum absolute atomic E-state index is 4.52. The zero-order valence-corrected chi connectivity index (χ0v) is 14.1. The summed E-state index contributed by atoms with van der Waals surface area (Å²) in [5, 5.41) is 4.81. The number of unbranched alkanes of at least 4 members (excludes halogenated alkanes) is 6. The van der Waals surface area contributed by atoms with E-state index in [0.29, 0.717) is 0 Å². The van der Waals surface area contributed by atoms with Crippen LogP contribution in [0.3, 0.4) is 0 Å². The van der Waals surface area contributed by atoms with Gasteiger partial charge in [-0.1, -0.05) is 25.7 Å². The van der Waals surface area contributed by atoms with Crippen molar-refractivity contribution in [2.24, 2.45) is 9.98 Å². The van der Waals surface area contributed by atoms with E-state index in [0.717, 1.165) is 25.9 Å². The molecule has 0 N–H and O–H groups in total. The van der Waals surface area contributed by atoms with Gasteiger partial charge in [-0.2, -0.15) is 11.8 Å². The van der Waals surface area contributed by atoms with Gasteiger partial charge in [0, 0.05) is 13.1 Å². The Hall–Kier alpha value is -0.0500. The molecule has 5 heteroatoms. The molecule has 108 valence electrons. The van der Waals surface area contributed by atoms with Gasteiger partial charge in [-0.3, -0.25) is 0 Å². The van der Waals surface area contributed by atoms with Crippen molar-refractivity contribution < 1.29 is 0 Å². The Morgan fingerprint density at radius 1 is 0.632 bits per heavy atom. The summed E-state index contributed by atoms with van der Waals surface area (Å²) in [6.45, 7) is 1.70. The van der Waals surface area contributed by atoms with Crippen LogP contribution in [0, 0.1) is 0 Å². The highest BCUT2D eigenvalue weighted by molar-refractivity contribution is 7.99. The molecule has 0 spiro atoms. The predicted octanol–water partition coefficient (Wildman–Crippen LogP) is 5.05. The molecule has 0 amide bonds. The highest BCUT2D eigenvalue weighted by Crippen LogP contribution is 2.11. The first kappa shape index (κ1) is 18.9. The summed E-state index contributed by atoms with van der Waals surface area (Å²) in [5.74, 6) is 2.59. The van der Waals surface area contributed by atoms with E-state index in [2.05, 4.69) is 56.5 Å². The maximum atomic E-state index is 4.52. The molecule has 0 aliphatic heterocycles. The Bertz CT molecular complexity index is 254. The molecule has 0 fully saturated rings. The van der Waals surface area contributed by atoms with E-state index in [9.17, 15) is 0 Å². The fourth-order valence-corrected chi connectivity index (χ4v) is 2.89. The van der Waals surface area contributed by atoms with Crippen molar-refractivity contribution in [1.82, 2.24) is 0 Å². The lowest BCUT2D eigenvalue weighted by Gasteiger charge is -2.02. The van der Waals surface area contributed by atoms with Gasteiger partial charge in [0.25, 0.3) is 0 Å². The number of hydrogen-bond acceptors (Lipinski definition) is 5. The number of isothiocyanates is 2. The van der Waals surface area contributed by atoms with Crippen LogP contribution in [0.5, 0.6) is 0 Å². The summed E-state index contributed by atoms with van der Waals surface area (Å²) in [5.41, 5.74) is 0. The van der Waals surface area contributed by atoms with E-state index in [1.165, 1.54) is 50.0 Å². The van der Waals surface area contributed by atoms with Crippen LogP contribution in [0.15, 0.2) is 9.98 Å². The lowest BCUT2D eigenvalue weighted by atomic mass is 10.2. The Kier molecular flexibility index (Phi) is 17.9. The first-order valence-electron chi connectivity index (χ1n) is 7.07. The van der Waals surface area contributed by atoms with Crippen LogP contribution in [0.4, 0.5) is 0 Å².